The standard InChI is InChI=1S/C15H19N5O/c16-15(21)14-9-17-6-7-19(14)10-12-8-18-20(11-12)13-4-2-1-3-5-13/h1-5,8,11,14,17H,6-7,9-10H2,(H2,16,21). The minimum Gasteiger partial charge on any atom is -0.368 e. The van der Waals surface area contributed by atoms with E-state index in [0.29, 0.717) is 13.1 Å². The van der Waals surface area contributed by atoms with Crippen LogP contribution < -0.4 is 11.1 Å². The predicted octanol–water partition coefficient (Wildman–Crippen LogP) is 0.131. The number of para-hydroxylation sites is 1. The van der Waals surface area contributed by atoms with Crippen molar-refractivity contribution in [2.75, 3.05) is 19.6 Å². The van der Waals surface area contributed by atoms with Crippen LogP contribution >= 0.6 is 0 Å². The Balaban J connectivity index is 1.73. The van der Waals surface area contributed by atoms with Gasteiger partial charge < -0.3 is 11.1 Å². The second kappa shape index (κ2) is 6.07. The van der Waals surface area contributed by atoms with Crippen molar-refractivity contribution in [2.24, 2.45) is 5.73 Å². The highest BCUT2D eigenvalue weighted by molar-refractivity contribution is 5.80. The van der Waals surface area contributed by atoms with Gasteiger partial charge in [-0.1, -0.05) is 18.2 Å². The molecule has 0 aliphatic carbocycles. The minimum absolute atomic E-state index is 0.251. The Hall–Kier alpha value is -2.18. The van der Waals surface area contributed by atoms with Crippen LogP contribution in [0, 0.1) is 0 Å². The zero-order chi connectivity index (χ0) is 14.7. The van der Waals surface area contributed by atoms with Crippen molar-refractivity contribution in [3.8, 4) is 5.69 Å². The first-order chi connectivity index (χ1) is 10.2. The molecule has 0 radical (unpaired) electrons. The second-order valence-corrected chi connectivity index (χ2v) is 5.22. The van der Waals surface area contributed by atoms with Crippen molar-refractivity contribution in [3.63, 3.8) is 0 Å². The molecule has 3 rings (SSSR count). The fourth-order valence-electron chi connectivity index (χ4n) is 2.61. The quantitative estimate of drug-likeness (QED) is 0.837. The van der Waals surface area contributed by atoms with E-state index in [-0.39, 0.29) is 11.9 Å². The molecular formula is C15H19N5O. The molecule has 0 bridgehead atoms. The Morgan fingerprint density at radius 2 is 2.19 bits per heavy atom. The molecular weight excluding hydrogens is 266 g/mol. The number of primary amides is 1. The van der Waals surface area contributed by atoms with E-state index >= 15 is 0 Å². The summed E-state index contributed by atoms with van der Waals surface area (Å²) < 4.78 is 1.84. The number of aromatic nitrogens is 2. The lowest BCUT2D eigenvalue weighted by Crippen LogP contribution is -2.56. The molecule has 1 aromatic heterocycles. The molecule has 1 aliphatic heterocycles. The summed E-state index contributed by atoms with van der Waals surface area (Å²) >= 11 is 0. The average molecular weight is 285 g/mol. The Kier molecular flexibility index (Phi) is 3.98. The Morgan fingerprint density at radius 3 is 2.95 bits per heavy atom. The van der Waals surface area contributed by atoms with Gasteiger partial charge in [0.2, 0.25) is 5.91 Å². The molecule has 1 unspecified atom stereocenters. The number of benzene rings is 1. The zero-order valence-corrected chi connectivity index (χ0v) is 11.8. The summed E-state index contributed by atoms with van der Waals surface area (Å²) in [5, 5.41) is 7.58. The van der Waals surface area contributed by atoms with Gasteiger partial charge in [-0.05, 0) is 12.1 Å². The summed E-state index contributed by atoms with van der Waals surface area (Å²) in [6, 6.07) is 9.71. The molecule has 21 heavy (non-hydrogen) atoms. The van der Waals surface area contributed by atoms with Gasteiger partial charge in [0.25, 0.3) is 0 Å². The fourth-order valence-corrected chi connectivity index (χ4v) is 2.61. The number of nitrogens with two attached hydrogens (primary N) is 1. The molecule has 110 valence electrons. The maximum atomic E-state index is 11.5. The number of carbonyl (C=O) groups excluding carboxylic acids is 1. The molecule has 2 heterocycles. The number of hydrogen-bond donors (Lipinski definition) is 2. The van der Waals surface area contributed by atoms with Crippen molar-refractivity contribution in [1.82, 2.24) is 20.0 Å². The molecule has 3 N–H and O–H groups in total. The Morgan fingerprint density at radius 1 is 1.38 bits per heavy atom. The summed E-state index contributed by atoms with van der Waals surface area (Å²) in [4.78, 5) is 13.6. The van der Waals surface area contributed by atoms with Crippen LogP contribution in [0.2, 0.25) is 0 Å². The highest BCUT2D eigenvalue weighted by atomic mass is 16.1. The van der Waals surface area contributed by atoms with Crippen molar-refractivity contribution < 1.29 is 4.79 Å². The van der Waals surface area contributed by atoms with Gasteiger partial charge >= 0.3 is 0 Å². The van der Waals surface area contributed by atoms with Gasteiger partial charge in [0, 0.05) is 37.9 Å². The lowest BCUT2D eigenvalue weighted by Gasteiger charge is -2.33. The van der Waals surface area contributed by atoms with Gasteiger partial charge in [-0.3, -0.25) is 9.69 Å². The lowest BCUT2D eigenvalue weighted by atomic mass is 10.1. The van der Waals surface area contributed by atoms with E-state index in [9.17, 15) is 4.79 Å². The van der Waals surface area contributed by atoms with Crippen LogP contribution in [0.25, 0.3) is 5.69 Å². The van der Waals surface area contributed by atoms with E-state index in [1.807, 2.05) is 47.4 Å². The van der Waals surface area contributed by atoms with Crippen LogP contribution in [0.1, 0.15) is 5.56 Å². The summed E-state index contributed by atoms with van der Waals surface area (Å²) in [5.41, 5.74) is 7.57. The third kappa shape index (κ3) is 3.12. The lowest BCUT2D eigenvalue weighted by molar-refractivity contribution is -0.124. The maximum absolute atomic E-state index is 11.5. The zero-order valence-electron chi connectivity index (χ0n) is 11.8. The molecule has 1 saturated heterocycles. The van der Waals surface area contributed by atoms with Crippen molar-refractivity contribution in [2.45, 2.75) is 12.6 Å². The highest BCUT2D eigenvalue weighted by Gasteiger charge is 2.26. The van der Waals surface area contributed by atoms with Gasteiger partial charge in [0.15, 0.2) is 0 Å². The number of amides is 1. The molecule has 1 aliphatic rings. The van der Waals surface area contributed by atoms with Crippen LogP contribution in [0.3, 0.4) is 0 Å². The van der Waals surface area contributed by atoms with Crippen molar-refractivity contribution in [3.05, 3.63) is 48.3 Å². The van der Waals surface area contributed by atoms with Gasteiger partial charge in [0.1, 0.15) is 6.04 Å². The van der Waals surface area contributed by atoms with Gasteiger partial charge in [-0.15, -0.1) is 0 Å². The SMILES string of the molecule is NC(=O)C1CNCCN1Cc1cnn(-c2ccccc2)c1. The third-order valence-electron chi connectivity index (χ3n) is 3.73. The molecule has 1 atom stereocenters. The van der Waals surface area contributed by atoms with E-state index in [1.54, 1.807) is 0 Å². The predicted molar refractivity (Wildman–Crippen MR) is 79.8 cm³/mol. The molecule has 1 aromatic carbocycles. The second-order valence-electron chi connectivity index (χ2n) is 5.22. The summed E-state index contributed by atoms with van der Waals surface area (Å²) in [5.74, 6) is -0.280. The number of piperazine rings is 1. The molecule has 0 saturated carbocycles. The molecule has 1 fully saturated rings. The number of nitrogens with one attached hydrogen (secondary N) is 1. The topological polar surface area (TPSA) is 76.2 Å². The first-order valence-electron chi connectivity index (χ1n) is 7.07. The smallest absolute Gasteiger partial charge is 0.236 e. The van der Waals surface area contributed by atoms with Gasteiger partial charge in [-0.2, -0.15) is 5.10 Å². The van der Waals surface area contributed by atoms with E-state index < -0.39 is 0 Å². The van der Waals surface area contributed by atoms with Crippen molar-refractivity contribution in [1.29, 1.82) is 0 Å². The average Bonchev–Trinajstić information content (AvgIpc) is 2.97. The number of hydrogen-bond acceptors (Lipinski definition) is 4. The molecule has 6 nitrogen and oxygen atoms in total. The normalized spacial score (nSPS) is 19.5. The van der Waals surface area contributed by atoms with Crippen LogP contribution in [-0.4, -0.2) is 46.3 Å². The van der Waals surface area contributed by atoms with Crippen LogP contribution in [-0.2, 0) is 11.3 Å². The monoisotopic (exact) mass is 285 g/mol. The van der Waals surface area contributed by atoms with Crippen LogP contribution in [0.5, 0.6) is 0 Å². The number of carbonyl (C=O) groups is 1. The maximum Gasteiger partial charge on any atom is 0.236 e. The first kappa shape index (κ1) is 13.8. The van der Waals surface area contributed by atoms with E-state index in [4.69, 9.17) is 5.73 Å². The number of nitrogens with zero attached hydrogens (tertiary/aromatic N) is 3. The van der Waals surface area contributed by atoms with E-state index in [2.05, 4.69) is 15.3 Å². The highest BCUT2D eigenvalue weighted by Crippen LogP contribution is 2.12. The third-order valence-corrected chi connectivity index (χ3v) is 3.73. The first-order valence-corrected chi connectivity index (χ1v) is 7.07. The van der Waals surface area contributed by atoms with E-state index in [0.717, 1.165) is 24.3 Å². The molecule has 0 spiro atoms. The van der Waals surface area contributed by atoms with Gasteiger partial charge in [-0.25, -0.2) is 4.68 Å². The van der Waals surface area contributed by atoms with Crippen LogP contribution in [0.4, 0.5) is 0 Å². The molecule has 6 heteroatoms. The van der Waals surface area contributed by atoms with Gasteiger partial charge in [0.05, 0.1) is 11.9 Å². The molecule has 1 amide bonds. The fraction of sp³-hybridized carbons (Fsp3) is 0.333. The molecule has 2 aromatic rings. The number of rotatable bonds is 4. The minimum atomic E-state index is -0.280. The van der Waals surface area contributed by atoms with E-state index in [1.165, 1.54) is 0 Å². The summed E-state index contributed by atoms with van der Waals surface area (Å²) in [6.07, 6.45) is 3.84. The summed E-state index contributed by atoms with van der Waals surface area (Å²) in [7, 11) is 0. The Labute approximate surface area is 123 Å². The van der Waals surface area contributed by atoms with Crippen LogP contribution in [0.15, 0.2) is 42.7 Å². The van der Waals surface area contributed by atoms with Crippen molar-refractivity contribution >= 4 is 5.91 Å². The summed E-state index contributed by atoms with van der Waals surface area (Å²) in [6.45, 7) is 2.98. The largest absolute Gasteiger partial charge is 0.368 e. The Bertz CT molecular complexity index is 610.